The third kappa shape index (κ3) is 2.90. The second-order valence-electron chi connectivity index (χ2n) is 6.56. The monoisotopic (exact) mass is 290 g/mol. The molecule has 0 N–H and O–H groups in total. The van der Waals surface area contributed by atoms with Gasteiger partial charge in [-0.05, 0) is 48.7 Å². The molecule has 0 saturated heterocycles. The van der Waals surface area contributed by atoms with Crippen LogP contribution in [0.3, 0.4) is 0 Å². The molecule has 2 heteroatoms. The van der Waals surface area contributed by atoms with Gasteiger partial charge in [0, 0.05) is 5.56 Å². The fourth-order valence-electron chi connectivity index (χ4n) is 4.07. The molecule has 1 fully saturated rings. The van der Waals surface area contributed by atoms with E-state index in [2.05, 4.69) is 6.08 Å². The summed E-state index contributed by atoms with van der Waals surface area (Å²) >= 11 is 0. The van der Waals surface area contributed by atoms with Crippen LogP contribution in [0, 0.1) is 23.5 Å². The summed E-state index contributed by atoms with van der Waals surface area (Å²) in [5, 5.41) is 0. The molecule has 0 aromatic heterocycles. The van der Waals surface area contributed by atoms with Gasteiger partial charge in [0.2, 0.25) is 0 Å². The Morgan fingerprint density at radius 3 is 2.38 bits per heavy atom. The average molecular weight is 290 g/mol. The van der Waals surface area contributed by atoms with E-state index in [1.54, 1.807) is 12.1 Å². The molecule has 0 radical (unpaired) electrons. The van der Waals surface area contributed by atoms with Crippen molar-refractivity contribution in [3.63, 3.8) is 0 Å². The maximum absolute atomic E-state index is 14.2. The molecule has 1 saturated carbocycles. The lowest BCUT2D eigenvalue weighted by atomic mass is 9.78. The van der Waals surface area contributed by atoms with Crippen molar-refractivity contribution >= 4 is 5.57 Å². The highest BCUT2D eigenvalue weighted by molar-refractivity contribution is 5.67. The maximum Gasteiger partial charge on any atom is 0.166 e. The first-order valence-corrected chi connectivity index (χ1v) is 8.37. The molecule has 114 valence electrons. The number of rotatable bonds is 3. The molecule has 0 aliphatic heterocycles. The predicted octanol–water partition coefficient (Wildman–Crippen LogP) is 5.90. The van der Waals surface area contributed by atoms with Crippen molar-refractivity contribution in [2.75, 3.05) is 0 Å². The van der Waals surface area contributed by atoms with Crippen LogP contribution in [0.15, 0.2) is 18.2 Å². The minimum absolute atomic E-state index is 0.469. The van der Waals surface area contributed by atoms with Crippen LogP contribution in [0.5, 0.6) is 0 Å². The van der Waals surface area contributed by atoms with E-state index in [1.165, 1.54) is 25.7 Å². The predicted molar refractivity (Wildman–Crippen MR) is 83.0 cm³/mol. The Balaban J connectivity index is 1.77. The lowest BCUT2D eigenvalue weighted by molar-refractivity contribution is 0.317. The Labute approximate surface area is 126 Å². The Hall–Kier alpha value is -1.18. The molecule has 1 aromatic carbocycles. The van der Waals surface area contributed by atoms with Crippen LogP contribution in [0.1, 0.15) is 63.0 Å². The van der Waals surface area contributed by atoms with Crippen LogP contribution in [0.2, 0.25) is 0 Å². The Bertz CT molecular complexity index is 539. The van der Waals surface area contributed by atoms with E-state index in [9.17, 15) is 8.78 Å². The van der Waals surface area contributed by atoms with Gasteiger partial charge in [0.15, 0.2) is 11.6 Å². The fraction of sp³-hybridized carbons (Fsp3) is 0.579. The summed E-state index contributed by atoms with van der Waals surface area (Å²) < 4.78 is 28.2. The van der Waals surface area contributed by atoms with Crippen LogP contribution in [-0.4, -0.2) is 0 Å². The Morgan fingerprint density at radius 1 is 1.00 bits per heavy atom. The van der Waals surface area contributed by atoms with E-state index in [-0.39, 0.29) is 0 Å². The van der Waals surface area contributed by atoms with Crippen LogP contribution in [-0.2, 0) is 6.42 Å². The van der Waals surface area contributed by atoms with E-state index >= 15 is 0 Å². The zero-order valence-corrected chi connectivity index (χ0v) is 12.8. The van der Waals surface area contributed by atoms with E-state index in [1.807, 2.05) is 6.92 Å². The highest BCUT2D eigenvalue weighted by Gasteiger charge is 2.27. The number of halogens is 2. The van der Waals surface area contributed by atoms with Crippen molar-refractivity contribution in [1.29, 1.82) is 0 Å². The van der Waals surface area contributed by atoms with E-state index in [0.717, 1.165) is 36.7 Å². The number of hydrogen-bond donors (Lipinski definition) is 0. The number of hydrogen-bond acceptors (Lipinski definition) is 0. The summed E-state index contributed by atoms with van der Waals surface area (Å²) in [6, 6.07) is 3.50. The van der Waals surface area contributed by atoms with Gasteiger partial charge in [0.1, 0.15) is 0 Å². The molecular formula is C19H24F2. The van der Waals surface area contributed by atoms with Crippen molar-refractivity contribution in [2.45, 2.75) is 58.3 Å². The van der Waals surface area contributed by atoms with Crippen LogP contribution in [0.4, 0.5) is 8.78 Å². The van der Waals surface area contributed by atoms with Crippen molar-refractivity contribution in [3.05, 3.63) is 41.0 Å². The second-order valence-corrected chi connectivity index (χ2v) is 6.56. The molecule has 0 heterocycles. The lowest BCUT2D eigenvalue weighted by Crippen LogP contribution is -2.14. The molecule has 2 aliphatic rings. The molecule has 1 atom stereocenters. The van der Waals surface area contributed by atoms with Crippen molar-refractivity contribution < 1.29 is 8.78 Å². The van der Waals surface area contributed by atoms with Crippen LogP contribution >= 0.6 is 0 Å². The summed E-state index contributed by atoms with van der Waals surface area (Å²) in [5.41, 5.74) is 1.95. The minimum Gasteiger partial charge on any atom is -0.203 e. The van der Waals surface area contributed by atoms with Crippen molar-refractivity contribution in [1.82, 2.24) is 0 Å². The second kappa shape index (κ2) is 6.29. The number of allylic oxidation sites excluding steroid dienone is 2. The summed E-state index contributed by atoms with van der Waals surface area (Å²) in [4.78, 5) is 0. The van der Waals surface area contributed by atoms with E-state index in [0.29, 0.717) is 17.5 Å². The zero-order valence-electron chi connectivity index (χ0n) is 12.8. The summed E-state index contributed by atoms with van der Waals surface area (Å²) in [5.74, 6) is 0.319. The average Bonchev–Trinajstić information content (AvgIpc) is 3.05. The third-order valence-electron chi connectivity index (χ3n) is 5.41. The first-order valence-electron chi connectivity index (χ1n) is 8.37. The van der Waals surface area contributed by atoms with Gasteiger partial charge in [-0.1, -0.05) is 50.8 Å². The zero-order chi connectivity index (χ0) is 14.8. The van der Waals surface area contributed by atoms with Gasteiger partial charge < -0.3 is 0 Å². The molecule has 1 aromatic rings. The molecule has 0 amide bonds. The molecule has 0 spiro atoms. The summed E-state index contributed by atoms with van der Waals surface area (Å²) in [7, 11) is 0. The van der Waals surface area contributed by atoms with Crippen LogP contribution < -0.4 is 0 Å². The normalized spacial score (nSPS) is 23.4. The molecular weight excluding hydrogens is 266 g/mol. The Morgan fingerprint density at radius 2 is 1.76 bits per heavy atom. The Kier molecular flexibility index (Phi) is 4.42. The van der Waals surface area contributed by atoms with Crippen molar-refractivity contribution in [3.8, 4) is 0 Å². The summed E-state index contributed by atoms with van der Waals surface area (Å²) in [6.07, 6.45) is 11.2. The van der Waals surface area contributed by atoms with E-state index in [4.69, 9.17) is 0 Å². The maximum atomic E-state index is 14.2. The van der Waals surface area contributed by atoms with Crippen LogP contribution in [0.25, 0.3) is 5.57 Å². The smallest absolute Gasteiger partial charge is 0.166 e. The largest absolute Gasteiger partial charge is 0.203 e. The topological polar surface area (TPSA) is 0 Å². The molecule has 2 aliphatic carbocycles. The van der Waals surface area contributed by atoms with Crippen molar-refractivity contribution in [2.24, 2.45) is 11.8 Å². The molecule has 3 rings (SSSR count). The summed E-state index contributed by atoms with van der Waals surface area (Å²) in [6.45, 7) is 1.85. The van der Waals surface area contributed by atoms with Gasteiger partial charge in [-0.15, -0.1) is 0 Å². The SMILES string of the molecule is CCc1ccc(C2=CCC(C3CCCC3)CC2)c(F)c1F. The molecule has 1 unspecified atom stereocenters. The highest BCUT2D eigenvalue weighted by atomic mass is 19.2. The molecule has 21 heavy (non-hydrogen) atoms. The van der Waals surface area contributed by atoms with Gasteiger partial charge in [0.25, 0.3) is 0 Å². The van der Waals surface area contributed by atoms with Gasteiger partial charge in [-0.3, -0.25) is 0 Å². The fourth-order valence-corrected chi connectivity index (χ4v) is 4.07. The highest BCUT2D eigenvalue weighted by Crippen LogP contribution is 2.41. The molecule has 0 nitrogen and oxygen atoms in total. The first-order chi connectivity index (χ1) is 10.2. The van der Waals surface area contributed by atoms with Gasteiger partial charge in [-0.25, -0.2) is 8.78 Å². The number of benzene rings is 1. The minimum atomic E-state index is -0.659. The standard InChI is InChI=1S/C19H24F2/c1-2-13-11-12-17(19(21)18(13)20)16-9-7-15(8-10-16)14-5-3-4-6-14/h9,11-12,14-15H,2-8,10H2,1H3. The lowest BCUT2D eigenvalue weighted by Gasteiger charge is -2.27. The van der Waals surface area contributed by atoms with Gasteiger partial charge in [-0.2, -0.15) is 0 Å². The first kappa shape index (κ1) is 14.7. The molecule has 0 bridgehead atoms. The van der Waals surface area contributed by atoms with Gasteiger partial charge >= 0.3 is 0 Å². The quantitative estimate of drug-likeness (QED) is 0.650. The third-order valence-corrected chi connectivity index (χ3v) is 5.41. The number of aryl methyl sites for hydroxylation is 1. The van der Waals surface area contributed by atoms with Gasteiger partial charge in [0.05, 0.1) is 0 Å². The van der Waals surface area contributed by atoms with E-state index < -0.39 is 11.6 Å².